The van der Waals surface area contributed by atoms with Crippen LogP contribution in [0, 0.1) is 0 Å². The molecule has 0 heterocycles. The molecule has 0 nitrogen and oxygen atoms in total. The first kappa shape index (κ1) is 22.4. The lowest BCUT2D eigenvalue weighted by Crippen LogP contribution is -2.16. The summed E-state index contributed by atoms with van der Waals surface area (Å²) in [6, 6.07) is 41.5. The first-order valence-corrected chi connectivity index (χ1v) is 14.5. The summed E-state index contributed by atoms with van der Waals surface area (Å²) in [5.41, 5.74) is 11.3. The summed E-state index contributed by atoms with van der Waals surface area (Å²) >= 11 is 0. The summed E-state index contributed by atoms with van der Waals surface area (Å²) in [4.78, 5) is 0. The molecule has 0 aliphatic heterocycles. The second-order valence-corrected chi connectivity index (χ2v) is 12.9. The summed E-state index contributed by atoms with van der Waals surface area (Å²) in [5, 5.41) is 10.7. The van der Waals surface area contributed by atoms with Crippen LogP contribution in [0.4, 0.5) is 0 Å². The molecule has 40 heavy (non-hydrogen) atoms. The molecule has 0 radical (unpaired) electrons. The minimum Gasteiger partial charge on any atom is -0.0616 e. The van der Waals surface area contributed by atoms with Gasteiger partial charge in [-0.05, 0) is 99.7 Å². The van der Waals surface area contributed by atoms with Crippen LogP contribution in [0.1, 0.15) is 49.9 Å². The SMILES string of the molecule is CC1(C)c2cc3c(cc2-c2c1ccc1ccccc21)C(C)(C)c1ccc2c(ccc4ccc5ccccc5c42)c1-3. The maximum absolute atomic E-state index is 2.56. The van der Waals surface area contributed by atoms with Crippen LogP contribution in [-0.4, -0.2) is 0 Å². The van der Waals surface area contributed by atoms with E-state index >= 15 is 0 Å². The van der Waals surface area contributed by atoms with Crippen molar-refractivity contribution in [1.29, 1.82) is 0 Å². The molecule has 9 rings (SSSR count). The molecule has 0 saturated carbocycles. The van der Waals surface area contributed by atoms with Crippen LogP contribution in [0.5, 0.6) is 0 Å². The fourth-order valence-electron chi connectivity index (χ4n) is 8.14. The monoisotopic (exact) mass is 510 g/mol. The molecule has 0 heteroatoms. The lowest BCUT2D eigenvalue weighted by atomic mass is 9.79. The Kier molecular flexibility index (Phi) is 4.03. The highest BCUT2D eigenvalue weighted by atomic mass is 14.5. The molecule has 7 aromatic carbocycles. The Morgan fingerprint density at radius 2 is 0.850 bits per heavy atom. The van der Waals surface area contributed by atoms with E-state index in [1.54, 1.807) is 0 Å². The number of rotatable bonds is 0. The first-order valence-electron chi connectivity index (χ1n) is 14.5. The van der Waals surface area contributed by atoms with Gasteiger partial charge in [-0.2, -0.15) is 0 Å². The molecule has 0 aromatic heterocycles. The zero-order valence-electron chi connectivity index (χ0n) is 23.4. The lowest BCUT2D eigenvalue weighted by molar-refractivity contribution is 0.652. The number of fused-ring (bicyclic) bond motifs is 14. The fraction of sp³-hybridized carbons (Fsp3) is 0.150. The Hall–Kier alpha value is -4.42. The molecule has 0 amide bonds. The standard InChI is InChI=1S/C40H30/c1-39(2)32-19-16-24-10-6-8-12-27(24)37(32)30-21-35-31(22-34(30)39)38-29-17-15-25-14-13-23-9-5-7-11-26(23)36(25)28(29)18-20-33(38)40(35,3)4/h5-22H,1-4H3. The van der Waals surface area contributed by atoms with Crippen LogP contribution in [0.3, 0.4) is 0 Å². The Morgan fingerprint density at radius 1 is 0.375 bits per heavy atom. The van der Waals surface area contributed by atoms with Gasteiger partial charge >= 0.3 is 0 Å². The zero-order valence-corrected chi connectivity index (χ0v) is 23.4. The van der Waals surface area contributed by atoms with Crippen LogP contribution in [-0.2, 0) is 10.8 Å². The zero-order chi connectivity index (χ0) is 27.0. The number of benzene rings is 7. The summed E-state index contributed by atoms with van der Waals surface area (Å²) in [5.74, 6) is 0. The number of hydrogen-bond acceptors (Lipinski definition) is 0. The van der Waals surface area contributed by atoms with E-state index in [0.29, 0.717) is 0 Å². The fourth-order valence-corrected chi connectivity index (χ4v) is 8.14. The second-order valence-electron chi connectivity index (χ2n) is 12.9. The van der Waals surface area contributed by atoms with Gasteiger partial charge in [0.1, 0.15) is 0 Å². The van der Waals surface area contributed by atoms with Crippen molar-refractivity contribution in [3.05, 3.63) is 131 Å². The van der Waals surface area contributed by atoms with E-state index in [9.17, 15) is 0 Å². The molecular formula is C40H30. The Morgan fingerprint density at radius 3 is 1.55 bits per heavy atom. The third-order valence-corrected chi connectivity index (χ3v) is 10.2. The van der Waals surface area contributed by atoms with Crippen LogP contribution < -0.4 is 0 Å². The van der Waals surface area contributed by atoms with E-state index in [1.165, 1.54) is 87.6 Å². The predicted octanol–water partition coefficient (Wildman–Crippen LogP) is 10.9. The van der Waals surface area contributed by atoms with Crippen LogP contribution >= 0.6 is 0 Å². The Balaban J connectivity index is 1.40. The van der Waals surface area contributed by atoms with Gasteiger partial charge in [0.2, 0.25) is 0 Å². The molecule has 2 aliphatic rings. The summed E-state index contributed by atoms with van der Waals surface area (Å²) in [6.07, 6.45) is 0. The molecule has 0 bridgehead atoms. The Bertz CT molecular complexity index is 2260. The van der Waals surface area contributed by atoms with Crippen molar-refractivity contribution in [3.63, 3.8) is 0 Å². The van der Waals surface area contributed by atoms with Gasteiger partial charge in [-0.3, -0.25) is 0 Å². The minimum absolute atomic E-state index is 0.0515. The van der Waals surface area contributed by atoms with Crippen molar-refractivity contribution in [1.82, 2.24) is 0 Å². The van der Waals surface area contributed by atoms with E-state index in [2.05, 4.69) is 137 Å². The van der Waals surface area contributed by atoms with Crippen LogP contribution in [0.2, 0.25) is 0 Å². The molecule has 190 valence electrons. The average molecular weight is 511 g/mol. The van der Waals surface area contributed by atoms with Crippen molar-refractivity contribution in [3.8, 4) is 22.3 Å². The third-order valence-electron chi connectivity index (χ3n) is 10.2. The van der Waals surface area contributed by atoms with E-state index in [0.717, 1.165) is 0 Å². The van der Waals surface area contributed by atoms with Gasteiger partial charge in [-0.15, -0.1) is 0 Å². The summed E-state index contributed by atoms with van der Waals surface area (Å²) in [7, 11) is 0. The molecule has 0 saturated heterocycles. The third kappa shape index (κ3) is 2.58. The van der Waals surface area contributed by atoms with E-state index in [-0.39, 0.29) is 10.8 Å². The van der Waals surface area contributed by atoms with Crippen molar-refractivity contribution >= 4 is 43.1 Å². The normalized spacial score (nSPS) is 15.9. The molecule has 0 N–H and O–H groups in total. The smallest absolute Gasteiger partial charge is 0.0159 e. The van der Waals surface area contributed by atoms with Gasteiger partial charge in [0, 0.05) is 10.8 Å². The molecule has 2 aliphatic carbocycles. The molecule has 0 spiro atoms. The summed E-state index contributed by atoms with van der Waals surface area (Å²) in [6.45, 7) is 9.64. The largest absolute Gasteiger partial charge is 0.0616 e. The maximum Gasteiger partial charge on any atom is 0.0159 e. The summed E-state index contributed by atoms with van der Waals surface area (Å²) < 4.78 is 0. The second kappa shape index (κ2) is 7.20. The van der Waals surface area contributed by atoms with Crippen LogP contribution in [0.15, 0.2) is 109 Å². The topological polar surface area (TPSA) is 0 Å². The molecule has 0 atom stereocenters. The number of hydrogen-bond donors (Lipinski definition) is 0. The quantitative estimate of drug-likeness (QED) is 0.178. The van der Waals surface area contributed by atoms with Gasteiger partial charge in [0.05, 0.1) is 0 Å². The van der Waals surface area contributed by atoms with Gasteiger partial charge in [-0.1, -0.05) is 125 Å². The van der Waals surface area contributed by atoms with Crippen molar-refractivity contribution in [2.45, 2.75) is 38.5 Å². The van der Waals surface area contributed by atoms with Crippen molar-refractivity contribution < 1.29 is 0 Å². The highest BCUT2D eigenvalue weighted by Gasteiger charge is 2.42. The molecule has 7 aromatic rings. The molecular weight excluding hydrogens is 480 g/mol. The Labute approximate surface area is 234 Å². The molecule has 0 unspecified atom stereocenters. The molecule has 0 fully saturated rings. The van der Waals surface area contributed by atoms with Gasteiger partial charge in [-0.25, -0.2) is 0 Å². The van der Waals surface area contributed by atoms with E-state index in [4.69, 9.17) is 0 Å². The van der Waals surface area contributed by atoms with Gasteiger partial charge in [0.15, 0.2) is 0 Å². The van der Waals surface area contributed by atoms with Gasteiger partial charge < -0.3 is 0 Å². The van der Waals surface area contributed by atoms with Crippen molar-refractivity contribution in [2.24, 2.45) is 0 Å². The highest BCUT2D eigenvalue weighted by Crippen LogP contribution is 2.58. The first-order chi connectivity index (χ1) is 19.4. The van der Waals surface area contributed by atoms with Crippen LogP contribution in [0.25, 0.3) is 65.3 Å². The van der Waals surface area contributed by atoms with E-state index in [1.807, 2.05) is 0 Å². The van der Waals surface area contributed by atoms with E-state index < -0.39 is 0 Å². The average Bonchev–Trinajstić information content (AvgIpc) is 3.35. The minimum atomic E-state index is -0.0704. The predicted molar refractivity (Wildman–Crippen MR) is 172 cm³/mol. The highest BCUT2D eigenvalue weighted by molar-refractivity contribution is 6.23. The maximum atomic E-state index is 2.56. The van der Waals surface area contributed by atoms with Crippen molar-refractivity contribution in [2.75, 3.05) is 0 Å². The van der Waals surface area contributed by atoms with Gasteiger partial charge in [0.25, 0.3) is 0 Å². The lowest BCUT2D eigenvalue weighted by Gasteiger charge is -2.24.